The van der Waals surface area contributed by atoms with Crippen LogP contribution >= 0.6 is 0 Å². The molecule has 0 unspecified atom stereocenters. The zero-order chi connectivity index (χ0) is 15.6. The van der Waals surface area contributed by atoms with Gasteiger partial charge in [-0.1, -0.05) is 18.2 Å². The number of anilines is 1. The molecule has 0 radical (unpaired) electrons. The summed E-state index contributed by atoms with van der Waals surface area (Å²) >= 11 is 0. The lowest BCUT2D eigenvalue weighted by Crippen LogP contribution is -2.24. The molecule has 0 saturated carbocycles. The fraction of sp³-hybridized carbons (Fsp3) is 0.235. The first-order valence-corrected chi connectivity index (χ1v) is 6.65. The highest BCUT2D eigenvalue weighted by molar-refractivity contribution is 5.92. The Kier molecular flexibility index (Phi) is 3.98. The van der Waals surface area contributed by atoms with E-state index in [9.17, 15) is 9.18 Å². The number of ether oxygens (including phenoxy) is 1. The number of rotatable bonds is 2. The summed E-state index contributed by atoms with van der Waals surface area (Å²) in [6.45, 7) is 5.36. The Bertz CT molecular complexity index is 675. The maximum absolute atomic E-state index is 13.9. The van der Waals surface area contributed by atoms with Gasteiger partial charge < -0.3 is 10.5 Å². The average molecular weight is 287 g/mol. The molecule has 0 aliphatic carbocycles. The number of carbonyl (C=O) groups is 1. The summed E-state index contributed by atoms with van der Waals surface area (Å²) in [5.41, 5.74) is 6.86. The van der Waals surface area contributed by atoms with Crippen molar-refractivity contribution in [3.8, 4) is 11.1 Å². The van der Waals surface area contributed by atoms with E-state index in [2.05, 4.69) is 0 Å². The van der Waals surface area contributed by atoms with E-state index in [1.54, 1.807) is 51.1 Å². The first-order chi connectivity index (χ1) is 9.76. The minimum Gasteiger partial charge on any atom is -0.456 e. The number of benzene rings is 2. The van der Waals surface area contributed by atoms with Gasteiger partial charge in [-0.3, -0.25) is 0 Å². The van der Waals surface area contributed by atoms with Crippen molar-refractivity contribution in [2.24, 2.45) is 0 Å². The molecular formula is C17H18FNO2. The van der Waals surface area contributed by atoms with Crippen molar-refractivity contribution in [1.29, 1.82) is 0 Å². The van der Waals surface area contributed by atoms with Crippen LogP contribution in [0.3, 0.4) is 0 Å². The molecule has 0 heterocycles. The predicted octanol–water partition coefficient (Wildman–Crippen LogP) is 4.03. The molecule has 2 rings (SSSR count). The summed E-state index contributed by atoms with van der Waals surface area (Å²) in [6.07, 6.45) is 0. The molecule has 0 fully saturated rings. The fourth-order valence-corrected chi connectivity index (χ4v) is 1.96. The van der Waals surface area contributed by atoms with Crippen LogP contribution < -0.4 is 5.73 Å². The molecule has 0 bridgehead atoms. The molecule has 0 aliphatic rings. The number of nitrogens with two attached hydrogens (primary N) is 1. The van der Waals surface area contributed by atoms with Crippen LogP contribution in [0.25, 0.3) is 11.1 Å². The van der Waals surface area contributed by atoms with Gasteiger partial charge in [0.1, 0.15) is 11.4 Å². The van der Waals surface area contributed by atoms with Gasteiger partial charge in [-0.2, -0.15) is 0 Å². The molecule has 3 nitrogen and oxygen atoms in total. The Morgan fingerprint density at radius 2 is 1.81 bits per heavy atom. The van der Waals surface area contributed by atoms with Crippen LogP contribution in [-0.2, 0) is 4.74 Å². The van der Waals surface area contributed by atoms with Gasteiger partial charge in [0.2, 0.25) is 0 Å². The van der Waals surface area contributed by atoms with Gasteiger partial charge >= 0.3 is 5.97 Å². The minimum absolute atomic E-state index is 0.308. The molecule has 21 heavy (non-hydrogen) atoms. The largest absolute Gasteiger partial charge is 0.456 e. The zero-order valence-electron chi connectivity index (χ0n) is 12.3. The van der Waals surface area contributed by atoms with Crippen LogP contribution in [0.5, 0.6) is 0 Å². The molecule has 2 aromatic rings. The third kappa shape index (κ3) is 3.81. The lowest BCUT2D eigenvalue weighted by Gasteiger charge is -2.20. The molecule has 0 spiro atoms. The summed E-state index contributed by atoms with van der Waals surface area (Å²) in [5.74, 6) is -0.842. The van der Waals surface area contributed by atoms with Gasteiger partial charge in [-0.05, 0) is 50.6 Å². The Hall–Kier alpha value is -2.36. The highest BCUT2D eigenvalue weighted by atomic mass is 19.1. The van der Waals surface area contributed by atoms with Crippen molar-refractivity contribution in [1.82, 2.24) is 0 Å². The topological polar surface area (TPSA) is 52.3 Å². The van der Waals surface area contributed by atoms with Gasteiger partial charge in [0.25, 0.3) is 0 Å². The van der Waals surface area contributed by atoms with Crippen LogP contribution in [-0.4, -0.2) is 11.6 Å². The predicted molar refractivity (Wildman–Crippen MR) is 81.4 cm³/mol. The van der Waals surface area contributed by atoms with E-state index in [-0.39, 0.29) is 5.82 Å². The minimum atomic E-state index is -0.597. The van der Waals surface area contributed by atoms with Gasteiger partial charge in [0.15, 0.2) is 0 Å². The summed E-state index contributed by atoms with van der Waals surface area (Å²) in [4.78, 5) is 12.1. The van der Waals surface area contributed by atoms with E-state index in [0.29, 0.717) is 22.4 Å². The maximum Gasteiger partial charge on any atom is 0.338 e. The van der Waals surface area contributed by atoms with Crippen LogP contribution in [0.2, 0.25) is 0 Å². The molecule has 0 amide bonds. The van der Waals surface area contributed by atoms with Crippen LogP contribution in [0.4, 0.5) is 10.1 Å². The number of nitrogen functional groups attached to an aromatic ring is 1. The number of carbonyl (C=O) groups excluding carboxylic acids is 1. The first-order valence-electron chi connectivity index (χ1n) is 6.65. The molecule has 4 heteroatoms. The lowest BCUT2D eigenvalue weighted by atomic mass is 10.0. The molecule has 0 saturated heterocycles. The van der Waals surface area contributed by atoms with Crippen molar-refractivity contribution in [3.63, 3.8) is 0 Å². The van der Waals surface area contributed by atoms with Crippen molar-refractivity contribution in [2.45, 2.75) is 26.4 Å². The summed E-state index contributed by atoms with van der Waals surface area (Å²) in [5, 5.41) is 0. The number of hydrogen-bond acceptors (Lipinski definition) is 3. The zero-order valence-corrected chi connectivity index (χ0v) is 12.3. The standard InChI is InChI=1S/C17H18FNO2/c1-17(2,3)21-16(20)12-8-11(9-13(19)10-12)14-6-4-5-7-15(14)18/h4-10H,19H2,1-3H3. The van der Waals surface area contributed by atoms with Crippen LogP contribution in [0.15, 0.2) is 42.5 Å². The highest BCUT2D eigenvalue weighted by Gasteiger charge is 2.19. The number of esters is 1. The van der Waals surface area contributed by atoms with Gasteiger partial charge in [-0.25, -0.2) is 9.18 Å². The second-order valence-electron chi connectivity index (χ2n) is 5.83. The van der Waals surface area contributed by atoms with E-state index >= 15 is 0 Å². The third-order valence-corrected chi connectivity index (χ3v) is 2.77. The third-order valence-electron chi connectivity index (χ3n) is 2.77. The number of halogens is 1. The molecule has 2 aromatic carbocycles. The van der Waals surface area contributed by atoms with Crippen molar-refractivity contribution in [3.05, 3.63) is 53.8 Å². The van der Waals surface area contributed by atoms with E-state index in [0.717, 1.165) is 0 Å². The first kappa shape index (κ1) is 15.0. The summed E-state index contributed by atoms with van der Waals surface area (Å²) in [6, 6.07) is 11.1. The summed E-state index contributed by atoms with van der Waals surface area (Å²) < 4.78 is 19.2. The second kappa shape index (κ2) is 5.56. The number of hydrogen-bond donors (Lipinski definition) is 1. The quantitative estimate of drug-likeness (QED) is 0.670. The fourth-order valence-electron chi connectivity index (χ4n) is 1.96. The Morgan fingerprint density at radius 1 is 1.14 bits per heavy atom. The van der Waals surface area contributed by atoms with Crippen molar-refractivity contribution < 1.29 is 13.9 Å². The van der Waals surface area contributed by atoms with E-state index in [4.69, 9.17) is 10.5 Å². The SMILES string of the molecule is CC(C)(C)OC(=O)c1cc(N)cc(-c2ccccc2F)c1. The van der Waals surface area contributed by atoms with Gasteiger partial charge in [0, 0.05) is 11.3 Å². The van der Waals surface area contributed by atoms with E-state index in [1.807, 2.05) is 0 Å². The summed E-state index contributed by atoms with van der Waals surface area (Å²) in [7, 11) is 0. The smallest absolute Gasteiger partial charge is 0.338 e. The van der Waals surface area contributed by atoms with E-state index < -0.39 is 11.6 Å². The van der Waals surface area contributed by atoms with Crippen molar-refractivity contribution >= 4 is 11.7 Å². The normalized spacial score (nSPS) is 11.2. The second-order valence-corrected chi connectivity index (χ2v) is 5.83. The van der Waals surface area contributed by atoms with Gasteiger partial charge in [-0.15, -0.1) is 0 Å². The molecule has 0 aliphatic heterocycles. The Morgan fingerprint density at radius 3 is 2.43 bits per heavy atom. The van der Waals surface area contributed by atoms with Crippen LogP contribution in [0, 0.1) is 5.82 Å². The molecule has 2 N–H and O–H groups in total. The Balaban J connectivity index is 2.43. The molecular weight excluding hydrogens is 269 g/mol. The molecule has 0 atom stereocenters. The van der Waals surface area contributed by atoms with Crippen LogP contribution in [0.1, 0.15) is 31.1 Å². The molecule has 110 valence electrons. The Labute approximate surface area is 123 Å². The van der Waals surface area contributed by atoms with E-state index in [1.165, 1.54) is 12.1 Å². The maximum atomic E-state index is 13.9. The molecule has 0 aromatic heterocycles. The highest BCUT2D eigenvalue weighted by Crippen LogP contribution is 2.27. The average Bonchev–Trinajstić information content (AvgIpc) is 2.36. The monoisotopic (exact) mass is 287 g/mol. The van der Waals surface area contributed by atoms with Crippen molar-refractivity contribution in [2.75, 3.05) is 5.73 Å². The lowest BCUT2D eigenvalue weighted by molar-refractivity contribution is 0.00696. The van der Waals surface area contributed by atoms with Gasteiger partial charge in [0.05, 0.1) is 5.56 Å².